The van der Waals surface area contributed by atoms with Crippen molar-refractivity contribution in [2.24, 2.45) is 5.10 Å². The number of amides is 1. The van der Waals surface area contributed by atoms with Crippen LogP contribution in [0.4, 0.5) is 0 Å². The van der Waals surface area contributed by atoms with Crippen molar-refractivity contribution in [3.05, 3.63) is 88.4 Å². The number of rotatable bonds is 5. The molecule has 0 saturated carbocycles. The maximum atomic E-state index is 11.9. The third-order valence-corrected chi connectivity index (χ3v) is 3.51. The molecule has 1 N–H and O–H groups in total. The van der Waals surface area contributed by atoms with Gasteiger partial charge in [-0.25, -0.2) is 5.43 Å². The van der Waals surface area contributed by atoms with Gasteiger partial charge in [0.2, 0.25) is 0 Å². The average Bonchev–Trinajstić information content (AvgIpc) is 2.58. The third-order valence-electron chi connectivity index (χ3n) is 2.98. The van der Waals surface area contributed by atoms with E-state index in [0.717, 1.165) is 10.0 Å². The zero-order valence-electron chi connectivity index (χ0n) is 12.7. The van der Waals surface area contributed by atoms with E-state index in [1.54, 1.807) is 12.1 Å². The molecule has 0 aromatic heterocycles. The molecular formula is C19H17BrN2O. The summed E-state index contributed by atoms with van der Waals surface area (Å²) in [6.07, 6.45) is 7.66. The second-order valence-corrected chi connectivity index (χ2v) is 5.75. The minimum atomic E-state index is -0.231. The van der Waals surface area contributed by atoms with Crippen molar-refractivity contribution in [3.8, 4) is 0 Å². The quantitative estimate of drug-likeness (QED) is 0.458. The number of hydrogen-bond donors (Lipinski definition) is 1. The average molecular weight is 369 g/mol. The molecule has 0 heterocycles. The molecule has 1 amide bonds. The summed E-state index contributed by atoms with van der Waals surface area (Å²) < 4.78 is 0.932. The van der Waals surface area contributed by atoms with Crippen LogP contribution >= 0.6 is 15.9 Å². The van der Waals surface area contributed by atoms with Gasteiger partial charge in [0, 0.05) is 10.0 Å². The predicted octanol–water partition coefficient (Wildman–Crippen LogP) is 4.82. The van der Waals surface area contributed by atoms with Gasteiger partial charge >= 0.3 is 0 Å². The van der Waals surface area contributed by atoms with Crippen LogP contribution in [0.1, 0.15) is 22.8 Å². The number of benzene rings is 2. The van der Waals surface area contributed by atoms with Crippen molar-refractivity contribution in [2.75, 3.05) is 0 Å². The van der Waals surface area contributed by atoms with Crippen LogP contribution in [0.3, 0.4) is 0 Å². The van der Waals surface area contributed by atoms with E-state index >= 15 is 0 Å². The van der Waals surface area contributed by atoms with E-state index in [2.05, 4.69) is 26.5 Å². The number of allylic oxidation sites excluding steroid dienone is 3. The molecule has 0 aliphatic heterocycles. The molecule has 2 rings (SSSR count). The van der Waals surface area contributed by atoms with Crippen LogP contribution in [-0.4, -0.2) is 11.6 Å². The smallest absolute Gasteiger partial charge is 0.267 e. The topological polar surface area (TPSA) is 41.5 Å². The predicted molar refractivity (Wildman–Crippen MR) is 99.3 cm³/mol. The molecule has 0 atom stereocenters. The van der Waals surface area contributed by atoms with E-state index in [1.807, 2.05) is 73.7 Å². The molecule has 0 fully saturated rings. The lowest BCUT2D eigenvalue weighted by Crippen LogP contribution is -2.18. The molecule has 3 nitrogen and oxygen atoms in total. The lowest BCUT2D eigenvalue weighted by molar-refractivity contribution is 0.0955. The first kappa shape index (κ1) is 16.9. The standard InChI is InChI=1S/C19H17BrN2O/c1-15(7-5-6-10-16-8-3-2-4-9-16)21-22-19(23)17-11-13-18(20)14-12-17/h2-14H,1H3,(H,22,23)/b7-5+,10-6+,21-15+. The molecule has 2 aromatic carbocycles. The van der Waals surface area contributed by atoms with Crippen LogP contribution in [0.15, 0.2) is 82.4 Å². The number of nitrogens with zero attached hydrogens (tertiary/aromatic N) is 1. The monoisotopic (exact) mass is 368 g/mol. The van der Waals surface area contributed by atoms with Gasteiger partial charge in [0.05, 0.1) is 5.71 Å². The van der Waals surface area contributed by atoms with Crippen LogP contribution in [-0.2, 0) is 0 Å². The Balaban J connectivity index is 1.87. The lowest BCUT2D eigenvalue weighted by atomic mass is 10.2. The molecule has 0 aliphatic carbocycles. The van der Waals surface area contributed by atoms with Crippen molar-refractivity contribution in [2.45, 2.75) is 6.92 Å². The zero-order chi connectivity index (χ0) is 16.5. The van der Waals surface area contributed by atoms with Crippen molar-refractivity contribution in [1.82, 2.24) is 5.43 Å². The fourth-order valence-corrected chi connectivity index (χ4v) is 2.03. The largest absolute Gasteiger partial charge is 0.271 e. The summed E-state index contributed by atoms with van der Waals surface area (Å²) in [6.45, 7) is 1.83. The molecule has 0 spiro atoms. The first-order valence-electron chi connectivity index (χ1n) is 7.15. The van der Waals surface area contributed by atoms with Crippen molar-refractivity contribution in [3.63, 3.8) is 0 Å². The number of hydrazone groups is 1. The summed E-state index contributed by atoms with van der Waals surface area (Å²) in [7, 11) is 0. The zero-order valence-corrected chi connectivity index (χ0v) is 14.3. The van der Waals surface area contributed by atoms with Crippen molar-refractivity contribution >= 4 is 33.6 Å². The van der Waals surface area contributed by atoms with Crippen LogP contribution in [0.5, 0.6) is 0 Å². The fraction of sp³-hybridized carbons (Fsp3) is 0.0526. The Hall–Kier alpha value is -2.46. The van der Waals surface area contributed by atoms with E-state index < -0.39 is 0 Å². The Bertz CT molecular complexity index is 732. The molecule has 4 heteroatoms. The number of hydrogen-bond acceptors (Lipinski definition) is 2. The van der Waals surface area contributed by atoms with Crippen LogP contribution in [0.25, 0.3) is 6.08 Å². The fourth-order valence-electron chi connectivity index (χ4n) is 1.77. The summed E-state index contributed by atoms with van der Waals surface area (Å²) in [5.74, 6) is -0.231. The third kappa shape index (κ3) is 6.04. The lowest BCUT2D eigenvalue weighted by Gasteiger charge is -2.00. The van der Waals surface area contributed by atoms with Gasteiger partial charge in [-0.15, -0.1) is 0 Å². The number of carbonyl (C=O) groups is 1. The van der Waals surface area contributed by atoms with E-state index in [9.17, 15) is 4.79 Å². The molecule has 0 saturated heterocycles. The number of halogens is 1. The van der Waals surface area contributed by atoms with E-state index in [0.29, 0.717) is 11.3 Å². The van der Waals surface area contributed by atoms with Gasteiger partial charge in [-0.05, 0) is 42.8 Å². The molecule has 0 aliphatic rings. The molecule has 2 aromatic rings. The summed E-state index contributed by atoms with van der Waals surface area (Å²) in [5, 5.41) is 4.05. The molecule has 0 unspecified atom stereocenters. The Morgan fingerprint density at radius 1 is 1.04 bits per heavy atom. The molecule has 0 bridgehead atoms. The second-order valence-electron chi connectivity index (χ2n) is 4.83. The van der Waals surface area contributed by atoms with Crippen LogP contribution < -0.4 is 5.43 Å². The normalized spacial score (nSPS) is 12.0. The van der Waals surface area contributed by atoms with Gasteiger partial charge in [0.15, 0.2) is 0 Å². The van der Waals surface area contributed by atoms with Gasteiger partial charge in [0.1, 0.15) is 0 Å². The first-order valence-corrected chi connectivity index (χ1v) is 7.94. The highest BCUT2D eigenvalue weighted by Gasteiger charge is 2.03. The van der Waals surface area contributed by atoms with Crippen LogP contribution in [0, 0.1) is 0 Å². The maximum absolute atomic E-state index is 11.9. The maximum Gasteiger partial charge on any atom is 0.271 e. The van der Waals surface area contributed by atoms with Gasteiger partial charge in [-0.1, -0.05) is 64.5 Å². The second kappa shape index (κ2) is 8.86. The Kier molecular flexibility index (Phi) is 6.51. The van der Waals surface area contributed by atoms with Gasteiger partial charge in [0.25, 0.3) is 5.91 Å². The number of carbonyl (C=O) groups excluding carboxylic acids is 1. The Labute approximate surface area is 144 Å². The molecular weight excluding hydrogens is 352 g/mol. The Morgan fingerprint density at radius 2 is 1.74 bits per heavy atom. The van der Waals surface area contributed by atoms with Gasteiger partial charge < -0.3 is 0 Å². The minimum Gasteiger partial charge on any atom is -0.267 e. The molecule has 116 valence electrons. The summed E-state index contributed by atoms with van der Waals surface area (Å²) in [4.78, 5) is 11.9. The number of nitrogens with one attached hydrogen (secondary N) is 1. The highest BCUT2D eigenvalue weighted by molar-refractivity contribution is 9.10. The molecule has 0 radical (unpaired) electrons. The Morgan fingerprint density at radius 3 is 2.43 bits per heavy atom. The van der Waals surface area contributed by atoms with E-state index in [-0.39, 0.29) is 5.91 Å². The van der Waals surface area contributed by atoms with Crippen molar-refractivity contribution in [1.29, 1.82) is 0 Å². The first-order chi connectivity index (χ1) is 11.1. The minimum absolute atomic E-state index is 0.231. The summed E-state index contributed by atoms with van der Waals surface area (Å²) in [6, 6.07) is 17.2. The highest BCUT2D eigenvalue weighted by Crippen LogP contribution is 2.10. The van der Waals surface area contributed by atoms with Gasteiger partial charge in [-0.3, -0.25) is 4.79 Å². The highest BCUT2D eigenvalue weighted by atomic mass is 79.9. The van der Waals surface area contributed by atoms with E-state index in [4.69, 9.17) is 0 Å². The summed E-state index contributed by atoms with van der Waals surface area (Å²) in [5.41, 5.74) is 4.95. The SMILES string of the molecule is CC(/C=C/C=C/c1ccccc1)=N\NC(=O)c1ccc(Br)cc1. The van der Waals surface area contributed by atoms with E-state index in [1.165, 1.54) is 0 Å². The van der Waals surface area contributed by atoms with Crippen LogP contribution in [0.2, 0.25) is 0 Å². The van der Waals surface area contributed by atoms with Crippen molar-refractivity contribution < 1.29 is 4.79 Å². The van der Waals surface area contributed by atoms with Gasteiger partial charge in [-0.2, -0.15) is 5.10 Å². The summed E-state index contributed by atoms with van der Waals surface area (Å²) >= 11 is 3.33. The molecule has 23 heavy (non-hydrogen) atoms.